The third-order valence-electron chi connectivity index (χ3n) is 3.92. The molecule has 0 bridgehead atoms. The van der Waals surface area contributed by atoms with Crippen LogP contribution in [0.3, 0.4) is 0 Å². The van der Waals surface area contributed by atoms with Gasteiger partial charge in [0.05, 0.1) is 0 Å². The molecule has 1 unspecified atom stereocenters. The van der Waals surface area contributed by atoms with Gasteiger partial charge in [-0.3, -0.25) is 4.90 Å². The Bertz CT molecular complexity index is 375. The molecule has 0 amide bonds. The summed E-state index contributed by atoms with van der Waals surface area (Å²) in [5, 5.41) is 8.79. The summed E-state index contributed by atoms with van der Waals surface area (Å²) in [5.74, 6) is 0.567. The molecule has 2 nitrogen and oxygen atoms in total. The van der Waals surface area contributed by atoms with E-state index in [-0.39, 0.29) is 12.4 Å². The minimum absolute atomic E-state index is 0.163. The van der Waals surface area contributed by atoms with Crippen LogP contribution >= 0.6 is 0 Å². The molecule has 1 aromatic carbocycles. The van der Waals surface area contributed by atoms with Gasteiger partial charge in [0.25, 0.3) is 0 Å². The van der Waals surface area contributed by atoms with Crippen LogP contribution in [0.2, 0.25) is 0 Å². The van der Waals surface area contributed by atoms with E-state index in [1.165, 1.54) is 18.4 Å². The average molecular weight is 265 g/mol. The van der Waals surface area contributed by atoms with Gasteiger partial charge in [0.2, 0.25) is 0 Å². The third-order valence-corrected chi connectivity index (χ3v) is 3.92. The second-order valence-electron chi connectivity index (χ2n) is 5.60. The summed E-state index contributed by atoms with van der Waals surface area (Å²) >= 11 is 0. The highest BCUT2D eigenvalue weighted by molar-refractivity contribution is 5.22. The molecule has 1 N–H and O–H groups in total. The van der Waals surface area contributed by atoms with Crippen molar-refractivity contribution < 1.29 is 9.50 Å². The number of halogens is 1. The van der Waals surface area contributed by atoms with Gasteiger partial charge in [0.1, 0.15) is 5.82 Å². The maximum atomic E-state index is 13.0. The van der Waals surface area contributed by atoms with E-state index in [1.54, 1.807) is 12.1 Å². The average Bonchev–Trinajstić information content (AvgIpc) is 3.22. The molecule has 0 spiro atoms. The molecular weight excluding hydrogens is 241 g/mol. The summed E-state index contributed by atoms with van der Waals surface area (Å²) in [6.07, 6.45) is 5.63. The summed E-state index contributed by atoms with van der Waals surface area (Å²) in [6, 6.07) is 7.38. The van der Waals surface area contributed by atoms with Crippen molar-refractivity contribution in [3.8, 4) is 0 Å². The number of hydrogen-bond donors (Lipinski definition) is 1. The van der Waals surface area contributed by atoms with E-state index >= 15 is 0 Å². The van der Waals surface area contributed by atoms with Crippen LogP contribution in [0.5, 0.6) is 0 Å². The standard InChI is InChI=1S/C16H24FNO/c1-18(11-3-2-4-12-19)16(13-5-6-13)14-7-9-15(17)10-8-14/h7-10,13,16,19H,2-6,11-12H2,1H3. The Hall–Kier alpha value is -0.930. The first-order valence-corrected chi connectivity index (χ1v) is 7.29. The van der Waals surface area contributed by atoms with E-state index in [2.05, 4.69) is 11.9 Å². The maximum Gasteiger partial charge on any atom is 0.123 e. The van der Waals surface area contributed by atoms with Gasteiger partial charge >= 0.3 is 0 Å². The van der Waals surface area contributed by atoms with Crippen molar-refractivity contribution in [3.63, 3.8) is 0 Å². The lowest BCUT2D eigenvalue weighted by molar-refractivity contribution is 0.211. The van der Waals surface area contributed by atoms with Crippen molar-refractivity contribution in [2.24, 2.45) is 5.92 Å². The van der Waals surface area contributed by atoms with Crippen molar-refractivity contribution >= 4 is 0 Å². The summed E-state index contributed by atoms with van der Waals surface area (Å²) in [5.41, 5.74) is 1.23. The molecule has 0 aliphatic heterocycles. The molecule has 0 radical (unpaired) electrons. The lowest BCUT2D eigenvalue weighted by Crippen LogP contribution is -2.27. The van der Waals surface area contributed by atoms with Gasteiger partial charge in [-0.2, -0.15) is 0 Å². The number of hydrogen-bond acceptors (Lipinski definition) is 2. The Labute approximate surface area is 115 Å². The van der Waals surface area contributed by atoms with Crippen molar-refractivity contribution in [3.05, 3.63) is 35.6 Å². The Morgan fingerprint density at radius 2 is 1.89 bits per heavy atom. The van der Waals surface area contributed by atoms with Gasteiger partial charge in [0.15, 0.2) is 0 Å². The summed E-state index contributed by atoms with van der Waals surface area (Å²) < 4.78 is 13.0. The fourth-order valence-corrected chi connectivity index (χ4v) is 2.75. The number of aliphatic hydroxyl groups excluding tert-OH is 1. The van der Waals surface area contributed by atoms with Crippen LogP contribution in [0, 0.1) is 11.7 Å². The summed E-state index contributed by atoms with van der Waals surface area (Å²) in [6.45, 7) is 1.33. The molecule has 1 aliphatic rings. The highest BCUT2D eigenvalue weighted by Gasteiger charge is 2.34. The summed E-state index contributed by atoms with van der Waals surface area (Å²) in [7, 11) is 2.16. The molecule has 1 aromatic rings. The van der Waals surface area contributed by atoms with Crippen molar-refractivity contribution in [1.29, 1.82) is 0 Å². The van der Waals surface area contributed by atoms with E-state index in [1.807, 2.05) is 12.1 Å². The van der Waals surface area contributed by atoms with Gasteiger partial charge in [0, 0.05) is 12.6 Å². The van der Waals surface area contributed by atoms with E-state index < -0.39 is 0 Å². The molecule has 2 rings (SSSR count). The van der Waals surface area contributed by atoms with Crippen molar-refractivity contribution in [2.75, 3.05) is 20.2 Å². The first-order chi connectivity index (χ1) is 9.22. The zero-order valence-corrected chi connectivity index (χ0v) is 11.7. The molecule has 0 heterocycles. The fourth-order valence-electron chi connectivity index (χ4n) is 2.75. The normalized spacial score (nSPS) is 16.8. The van der Waals surface area contributed by atoms with Crippen LogP contribution in [-0.2, 0) is 0 Å². The SMILES string of the molecule is CN(CCCCCO)C(c1ccc(F)cc1)C1CC1. The van der Waals surface area contributed by atoms with Crippen LogP contribution in [0.4, 0.5) is 4.39 Å². The molecule has 1 aliphatic carbocycles. The molecule has 1 fully saturated rings. The molecule has 3 heteroatoms. The van der Waals surface area contributed by atoms with Crippen molar-refractivity contribution in [2.45, 2.75) is 38.1 Å². The smallest absolute Gasteiger partial charge is 0.123 e. The molecule has 19 heavy (non-hydrogen) atoms. The highest BCUT2D eigenvalue weighted by Crippen LogP contribution is 2.44. The predicted molar refractivity (Wildman–Crippen MR) is 75.4 cm³/mol. The fraction of sp³-hybridized carbons (Fsp3) is 0.625. The van der Waals surface area contributed by atoms with E-state index in [9.17, 15) is 4.39 Å². The lowest BCUT2D eigenvalue weighted by atomic mass is 10.0. The zero-order valence-electron chi connectivity index (χ0n) is 11.7. The predicted octanol–water partition coefficient (Wildman–Crippen LogP) is 3.37. The Kier molecular flexibility index (Phi) is 5.34. The first-order valence-electron chi connectivity index (χ1n) is 7.29. The number of unbranched alkanes of at least 4 members (excludes halogenated alkanes) is 2. The maximum absolute atomic E-state index is 13.0. The Morgan fingerprint density at radius 3 is 2.47 bits per heavy atom. The minimum atomic E-state index is -0.163. The highest BCUT2D eigenvalue weighted by atomic mass is 19.1. The van der Waals surface area contributed by atoms with E-state index in [0.717, 1.165) is 31.7 Å². The molecular formula is C16H24FNO. The Balaban J connectivity index is 1.93. The molecule has 0 saturated heterocycles. The number of rotatable bonds is 8. The topological polar surface area (TPSA) is 23.5 Å². The minimum Gasteiger partial charge on any atom is -0.396 e. The van der Waals surface area contributed by atoms with Crippen LogP contribution in [0.15, 0.2) is 24.3 Å². The van der Waals surface area contributed by atoms with Crippen LogP contribution in [0.25, 0.3) is 0 Å². The zero-order chi connectivity index (χ0) is 13.7. The first kappa shape index (κ1) is 14.5. The molecule has 1 saturated carbocycles. The second-order valence-corrected chi connectivity index (χ2v) is 5.60. The van der Waals surface area contributed by atoms with Gasteiger partial charge in [-0.15, -0.1) is 0 Å². The number of aliphatic hydroxyl groups is 1. The van der Waals surface area contributed by atoms with Crippen molar-refractivity contribution in [1.82, 2.24) is 4.90 Å². The third kappa shape index (κ3) is 4.29. The largest absolute Gasteiger partial charge is 0.396 e. The van der Waals surface area contributed by atoms with Crippen LogP contribution < -0.4 is 0 Å². The van der Waals surface area contributed by atoms with Gasteiger partial charge in [-0.1, -0.05) is 12.1 Å². The van der Waals surface area contributed by atoms with Gasteiger partial charge in [-0.05, 0) is 69.3 Å². The van der Waals surface area contributed by atoms with E-state index in [0.29, 0.717) is 6.04 Å². The van der Waals surface area contributed by atoms with Crippen LogP contribution in [0.1, 0.15) is 43.7 Å². The summed E-state index contributed by atoms with van der Waals surface area (Å²) in [4.78, 5) is 2.39. The number of benzene rings is 1. The quantitative estimate of drug-likeness (QED) is 0.728. The Morgan fingerprint density at radius 1 is 1.21 bits per heavy atom. The lowest BCUT2D eigenvalue weighted by Gasteiger charge is -2.28. The molecule has 106 valence electrons. The van der Waals surface area contributed by atoms with Crippen LogP contribution in [-0.4, -0.2) is 30.2 Å². The number of nitrogens with zero attached hydrogens (tertiary/aromatic N) is 1. The van der Waals surface area contributed by atoms with E-state index in [4.69, 9.17) is 5.11 Å². The van der Waals surface area contributed by atoms with Gasteiger partial charge in [-0.25, -0.2) is 4.39 Å². The monoisotopic (exact) mass is 265 g/mol. The molecule has 0 aromatic heterocycles. The van der Waals surface area contributed by atoms with Gasteiger partial charge < -0.3 is 5.11 Å². The second kappa shape index (κ2) is 7.01. The molecule has 1 atom stereocenters.